The highest BCUT2D eigenvalue weighted by atomic mass is 32.2. The van der Waals surface area contributed by atoms with Gasteiger partial charge in [0.25, 0.3) is 15.7 Å². The summed E-state index contributed by atoms with van der Waals surface area (Å²) in [4.78, 5) is 22.9. The number of benzene rings is 3. The van der Waals surface area contributed by atoms with Gasteiger partial charge < -0.3 is 19.4 Å². The molecular formula is C29H23N3O10S. The van der Waals surface area contributed by atoms with E-state index < -0.39 is 32.6 Å². The zero-order valence-corrected chi connectivity index (χ0v) is 23.0. The number of esters is 1. The number of ether oxygens (including phenoxy) is 3. The summed E-state index contributed by atoms with van der Waals surface area (Å²) >= 11 is 0. The van der Waals surface area contributed by atoms with Crippen LogP contribution in [0.4, 0.5) is 0 Å². The van der Waals surface area contributed by atoms with Gasteiger partial charge in [-0.25, -0.2) is 18.7 Å². The Morgan fingerprint density at radius 2 is 1.67 bits per heavy atom. The molecule has 4 rings (SSSR count). The Kier molecular flexibility index (Phi) is 10.1. The molecule has 1 aromatic heterocycles. The molecule has 3 aromatic carbocycles. The molecule has 0 radical (unpaired) electrons. The monoisotopic (exact) mass is 605 g/mol. The van der Waals surface area contributed by atoms with Crippen LogP contribution in [0.2, 0.25) is 0 Å². The number of carbonyl (C=O) groups excluding carboxylic acids is 2. The molecular weight excluding hydrogens is 582 g/mol. The third-order valence-corrected chi connectivity index (χ3v) is 7.29. The van der Waals surface area contributed by atoms with Crippen molar-refractivity contribution < 1.29 is 47.0 Å². The summed E-state index contributed by atoms with van der Waals surface area (Å²) < 4.78 is 45.7. The molecule has 220 valence electrons. The van der Waals surface area contributed by atoms with Gasteiger partial charge in [0, 0.05) is 11.6 Å². The lowest BCUT2D eigenvalue weighted by Gasteiger charge is -2.07. The van der Waals surface area contributed by atoms with Crippen molar-refractivity contribution in [1.82, 2.24) is 10.6 Å². The van der Waals surface area contributed by atoms with E-state index in [0.717, 1.165) is 5.56 Å². The van der Waals surface area contributed by atoms with Gasteiger partial charge in [-0.3, -0.25) is 14.6 Å². The summed E-state index contributed by atoms with van der Waals surface area (Å²) in [6, 6.07) is 20.7. The molecule has 2 N–H and O–H groups in total. The molecule has 1 heterocycles. The van der Waals surface area contributed by atoms with Crippen LogP contribution >= 0.6 is 0 Å². The molecule has 0 aliphatic rings. The molecule has 43 heavy (non-hydrogen) atoms. The van der Waals surface area contributed by atoms with Gasteiger partial charge in [-0.1, -0.05) is 54.3 Å². The first kappa shape index (κ1) is 30.3. The molecule has 0 aliphatic heterocycles. The third kappa shape index (κ3) is 8.19. The quantitative estimate of drug-likeness (QED) is 0.0640. The Morgan fingerprint density at radius 3 is 2.37 bits per heavy atom. The Labute approximate surface area is 245 Å². The summed E-state index contributed by atoms with van der Waals surface area (Å²) in [6.07, 6.45) is 2.77. The number of hydrogen-bond donors (Lipinski definition) is 2. The second-order valence-corrected chi connectivity index (χ2v) is 10.3. The van der Waals surface area contributed by atoms with Gasteiger partial charge in [0.1, 0.15) is 12.4 Å². The van der Waals surface area contributed by atoms with Crippen LogP contribution in [0.3, 0.4) is 0 Å². The lowest BCUT2D eigenvalue weighted by Crippen LogP contribution is -2.30. The summed E-state index contributed by atoms with van der Waals surface area (Å²) in [5.74, 6) is 3.86. The van der Waals surface area contributed by atoms with Crippen LogP contribution in [0, 0.1) is 17.0 Å². The van der Waals surface area contributed by atoms with Gasteiger partial charge in [0.15, 0.2) is 13.2 Å². The molecule has 13 nitrogen and oxygen atoms in total. The van der Waals surface area contributed by atoms with E-state index in [2.05, 4.69) is 21.6 Å². The second-order valence-electron chi connectivity index (χ2n) is 8.44. The van der Waals surface area contributed by atoms with E-state index in [0.29, 0.717) is 16.9 Å². The van der Waals surface area contributed by atoms with Crippen LogP contribution in [-0.2, 0) is 26.0 Å². The summed E-state index contributed by atoms with van der Waals surface area (Å²) in [5, 5.41) is 23.1. The maximum atomic E-state index is 12.7. The SMILES string of the molecule is O=C(/C=C/c1ccc(OCc2ccc(C(=O)NO)cc2)cc1)OCC#CCOc1no[n+]([O-])c1S(=O)(=O)c1ccccc1. The van der Waals surface area contributed by atoms with Crippen molar-refractivity contribution in [1.29, 1.82) is 0 Å². The average molecular weight is 606 g/mol. The molecule has 4 aromatic rings. The van der Waals surface area contributed by atoms with Gasteiger partial charge in [0.2, 0.25) is 0 Å². The number of carbonyl (C=O) groups is 2. The number of nitrogens with one attached hydrogen (secondary N) is 1. The molecule has 0 aliphatic carbocycles. The first-order valence-electron chi connectivity index (χ1n) is 12.4. The fraction of sp³-hybridized carbons (Fsp3) is 0.103. The standard InChI is InChI=1S/C29H23N3O10S/c33-26(17-12-21-10-15-24(16-11-21)41-20-22-8-13-23(14-9-22)27(34)30-35)39-18-4-5-19-40-28-29(32(36)42-31-28)43(37,38)25-6-2-1-3-7-25/h1-3,6-17,35H,18-20H2,(H,30,34)/b17-12+. The maximum Gasteiger partial charge on any atom is 0.415 e. The average Bonchev–Trinajstić information content (AvgIpc) is 3.42. The predicted octanol–water partition coefficient (Wildman–Crippen LogP) is 2.48. The van der Waals surface area contributed by atoms with Gasteiger partial charge in [0.05, 0.1) is 10.1 Å². The zero-order valence-electron chi connectivity index (χ0n) is 22.2. The largest absolute Gasteiger partial charge is 0.489 e. The van der Waals surface area contributed by atoms with E-state index in [1.54, 1.807) is 66.2 Å². The van der Waals surface area contributed by atoms with E-state index in [-0.39, 0.29) is 29.6 Å². The van der Waals surface area contributed by atoms with Crippen molar-refractivity contribution in [3.8, 4) is 23.5 Å². The minimum atomic E-state index is -4.25. The van der Waals surface area contributed by atoms with E-state index in [9.17, 15) is 23.2 Å². The predicted molar refractivity (Wildman–Crippen MR) is 147 cm³/mol. The zero-order chi connectivity index (χ0) is 30.7. The number of amides is 1. The third-order valence-electron chi connectivity index (χ3n) is 5.56. The van der Waals surface area contributed by atoms with Crippen LogP contribution in [0.5, 0.6) is 11.6 Å². The molecule has 0 atom stereocenters. The van der Waals surface area contributed by atoms with Gasteiger partial charge >= 0.3 is 16.9 Å². The summed E-state index contributed by atoms with van der Waals surface area (Å²) in [6.45, 7) is -0.349. The Morgan fingerprint density at radius 1 is 0.977 bits per heavy atom. The van der Waals surface area contributed by atoms with E-state index in [1.807, 2.05) is 0 Å². The molecule has 0 unspecified atom stereocenters. The number of hydrogen-bond acceptors (Lipinski definition) is 11. The van der Waals surface area contributed by atoms with E-state index in [1.165, 1.54) is 30.3 Å². The minimum absolute atomic E-state index is 0.140. The van der Waals surface area contributed by atoms with Gasteiger partial charge in [-0.05, 0) is 58.5 Å². The normalized spacial score (nSPS) is 10.9. The molecule has 0 saturated heterocycles. The van der Waals surface area contributed by atoms with Crippen molar-refractivity contribution in [3.05, 3.63) is 107 Å². The highest BCUT2D eigenvalue weighted by Gasteiger charge is 2.35. The van der Waals surface area contributed by atoms with Crippen molar-refractivity contribution >= 4 is 27.8 Å². The van der Waals surface area contributed by atoms with Crippen LogP contribution in [0.1, 0.15) is 21.5 Å². The van der Waals surface area contributed by atoms with Crippen molar-refractivity contribution in [2.24, 2.45) is 0 Å². The Balaban J connectivity index is 1.20. The molecule has 1 amide bonds. The fourth-order valence-corrected chi connectivity index (χ4v) is 4.72. The Bertz CT molecular complexity index is 1760. The van der Waals surface area contributed by atoms with Crippen LogP contribution < -0.4 is 19.9 Å². The smallest absolute Gasteiger partial charge is 0.415 e. The van der Waals surface area contributed by atoms with Crippen molar-refractivity contribution in [2.75, 3.05) is 13.2 Å². The topological polar surface area (TPSA) is 181 Å². The van der Waals surface area contributed by atoms with E-state index in [4.69, 9.17) is 19.4 Å². The molecule has 0 fully saturated rings. The van der Waals surface area contributed by atoms with Crippen LogP contribution in [-0.4, -0.2) is 43.9 Å². The molecule has 14 heteroatoms. The lowest BCUT2D eigenvalue weighted by molar-refractivity contribution is -0.832. The molecule has 0 saturated carbocycles. The summed E-state index contributed by atoms with van der Waals surface area (Å²) in [5.41, 5.74) is 3.43. The Hall–Kier alpha value is -5.65. The first-order valence-corrected chi connectivity index (χ1v) is 13.9. The number of aromatic nitrogens is 2. The maximum absolute atomic E-state index is 12.7. The first-order chi connectivity index (χ1) is 20.8. The number of hydroxylamine groups is 1. The minimum Gasteiger partial charge on any atom is -0.489 e. The van der Waals surface area contributed by atoms with Gasteiger partial charge in [-0.2, -0.15) is 0 Å². The van der Waals surface area contributed by atoms with E-state index >= 15 is 0 Å². The number of rotatable bonds is 11. The molecule has 0 bridgehead atoms. The van der Waals surface area contributed by atoms with Crippen LogP contribution in [0.25, 0.3) is 6.08 Å². The van der Waals surface area contributed by atoms with Crippen LogP contribution in [0.15, 0.2) is 99.5 Å². The number of sulfone groups is 1. The summed E-state index contributed by atoms with van der Waals surface area (Å²) in [7, 11) is -4.25. The van der Waals surface area contributed by atoms with Crippen molar-refractivity contribution in [2.45, 2.75) is 16.5 Å². The highest BCUT2D eigenvalue weighted by Crippen LogP contribution is 2.24. The fourth-order valence-electron chi connectivity index (χ4n) is 3.43. The molecule has 0 spiro atoms. The van der Waals surface area contributed by atoms with Crippen molar-refractivity contribution in [3.63, 3.8) is 0 Å². The second kappa shape index (κ2) is 14.3. The van der Waals surface area contributed by atoms with Gasteiger partial charge in [-0.15, -0.1) is 0 Å². The lowest BCUT2D eigenvalue weighted by atomic mass is 10.1. The number of nitrogens with zero attached hydrogens (tertiary/aromatic N) is 2. The highest BCUT2D eigenvalue weighted by molar-refractivity contribution is 7.91.